The van der Waals surface area contributed by atoms with Gasteiger partial charge in [-0.3, -0.25) is 4.72 Å². The average Bonchev–Trinajstić information content (AvgIpc) is 3.24. The molecule has 0 aliphatic heterocycles. The van der Waals surface area contributed by atoms with Crippen LogP contribution in [0, 0.1) is 0 Å². The number of hydrogen-bond acceptors (Lipinski definition) is 6. The van der Waals surface area contributed by atoms with Crippen LogP contribution >= 0.6 is 0 Å². The molecule has 9 heteroatoms. The van der Waals surface area contributed by atoms with E-state index in [0.717, 1.165) is 5.39 Å². The number of rotatable bonds is 4. The summed E-state index contributed by atoms with van der Waals surface area (Å²) in [6.07, 6.45) is 0. The van der Waals surface area contributed by atoms with E-state index in [1.807, 2.05) is 6.07 Å². The van der Waals surface area contributed by atoms with Gasteiger partial charge < -0.3 is 4.42 Å². The summed E-state index contributed by atoms with van der Waals surface area (Å²) in [7, 11) is -3.84. The maximum Gasteiger partial charge on any atom is 0.295 e. The number of anilines is 1. The summed E-state index contributed by atoms with van der Waals surface area (Å²) >= 11 is 0. The molecule has 0 unspecified atom stereocenters. The Morgan fingerprint density at radius 1 is 1.04 bits per heavy atom. The summed E-state index contributed by atoms with van der Waals surface area (Å²) < 4.78 is 32.9. The number of hydrogen-bond donors (Lipinski definition) is 2. The molecule has 4 rings (SSSR count). The number of nitrogens with zero attached hydrogens (tertiary/aromatic N) is 3. The van der Waals surface area contributed by atoms with Crippen LogP contribution < -0.4 is 4.72 Å². The van der Waals surface area contributed by atoms with E-state index >= 15 is 0 Å². The highest BCUT2D eigenvalue weighted by molar-refractivity contribution is 7.92. The molecule has 0 bridgehead atoms. The normalized spacial score (nSPS) is 11.7. The van der Waals surface area contributed by atoms with E-state index < -0.39 is 10.0 Å². The molecule has 0 radical (unpaired) electrons. The summed E-state index contributed by atoms with van der Waals surface area (Å²) in [6, 6.07) is 15.3. The molecule has 2 heterocycles. The molecular weight excluding hydrogens is 330 g/mol. The van der Waals surface area contributed by atoms with E-state index in [0.29, 0.717) is 22.7 Å². The van der Waals surface area contributed by atoms with Crippen molar-refractivity contribution in [2.45, 2.75) is 5.09 Å². The third-order valence-electron chi connectivity index (χ3n) is 3.40. The van der Waals surface area contributed by atoms with E-state index in [1.54, 1.807) is 42.5 Å². The number of aromatic amines is 1. The Balaban J connectivity index is 1.67. The maximum absolute atomic E-state index is 12.5. The zero-order valence-corrected chi connectivity index (χ0v) is 13.0. The lowest BCUT2D eigenvalue weighted by atomic mass is 10.2. The van der Waals surface area contributed by atoms with Crippen molar-refractivity contribution < 1.29 is 12.8 Å². The van der Waals surface area contributed by atoms with Gasteiger partial charge in [0.05, 0.1) is 0 Å². The molecule has 2 aromatic heterocycles. The first kappa shape index (κ1) is 14.4. The first-order chi connectivity index (χ1) is 11.6. The molecule has 0 spiro atoms. The standard InChI is InChI=1S/C15H11N5O3S/c21-24(22,14-9-10-4-1-2-7-13(10)23-14)18-12-6-3-5-11(8-12)15-16-19-20-17-15/h1-9,18H,(H,16,17,19,20). The molecule has 24 heavy (non-hydrogen) atoms. The van der Waals surface area contributed by atoms with Crippen molar-refractivity contribution in [3.05, 3.63) is 54.6 Å². The number of furan rings is 1. The van der Waals surface area contributed by atoms with Gasteiger partial charge >= 0.3 is 0 Å². The fraction of sp³-hybridized carbons (Fsp3) is 0. The second-order valence-electron chi connectivity index (χ2n) is 5.04. The van der Waals surface area contributed by atoms with Gasteiger partial charge in [0, 0.05) is 22.7 Å². The first-order valence-corrected chi connectivity index (χ1v) is 8.46. The Bertz CT molecular complexity index is 1070. The van der Waals surface area contributed by atoms with E-state index in [4.69, 9.17) is 4.42 Å². The van der Waals surface area contributed by atoms with Crippen LogP contribution in [0.3, 0.4) is 0 Å². The van der Waals surface area contributed by atoms with E-state index in [1.165, 1.54) is 6.07 Å². The second kappa shape index (κ2) is 5.46. The van der Waals surface area contributed by atoms with E-state index in [2.05, 4.69) is 25.3 Å². The summed E-state index contributed by atoms with van der Waals surface area (Å²) in [5.41, 5.74) is 1.55. The molecule has 0 saturated carbocycles. The van der Waals surface area contributed by atoms with Gasteiger partial charge in [0.1, 0.15) is 5.58 Å². The minimum atomic E-state index is -3.84. The van der Waals surface area contributed by atoms with Crippen LogP contribution in [0.4, 0.5) is 5.69 Å². The lowest BCUT2D eigenvalue weighted by Gasteiger charge is -2.06. The fourth-order valence-corrected chi connectivity index (χ4v) is 3.33. The van der Waals surface area contributed by atoms with Gasteiger partial charge in [-0.05, 0) is 28.6 Å². The van der Waals surface area contributed by atoms with Crippen LogP contribution in [-0.2, 0) is 10.0 Å². The smallest absolute Gasteiger partial charge is 0.295 e. The van der Waals surface area contributed by atoms with Crippen LogP contribution in [0.15, 0.2) is 64.1 Å². The van der Waals surface area contributed by atoms with Crippen LogP contribution in [0.25, 0.3) is 22.4 Å². The predicted molar refractivity (Wildman–Crippen MR) is 86.6 cm³/mol. The predicted octanol–water partition coefficient (Wildman–Crippen LogP) is 2.41. The number of nitrogens with one attached hydrogen (secondary N) is 2. The van der Waals surface area contributed by atoms with Gasteiger partial charge in [-0.1, -0.05) is 30.3 Å². The molecule has 2 N–H and O–H groups in total. The highest BCUT2D eigenvalue weighted by Crippen LogP contribution is 2.25. The molecule has 2 aromatic carbocycles. The number of benzene rings is 2. The highest BCUT2D eigenvalue weighted by Gasteiger charge is 2.20. The molecule has 0 fully saturated rings. The van der Waals surface area contributed by atoms with Crippen LogP contribution in [0.5, 0.6) is 0 Å². The molecule has 120 valence electrons. The number of para-hydroxylation sites is 1. The Morgan fingerprint density at radius 2 is 1.92 bits per heavy atom. The van der Waals surface area contributed by atoms with Crippen molar-refractivity contribution in [3.63, 3.8) is 0 Å². The number of H-pyrrole nitrogens is 1. The molecule has 8 nitrogen and oxygen atoms in total. The fourth-order valence-electron chi connectivity index (χ4n) is 2.31. The van der Waals surface area contributed by atoms with Crippen LogP contribution in [-0.4, -0.2) is 29.0 Å². The third kappa shape index (κ3) is 2.61. The number of fused-ring (bicyclic) bond motifs is 1. The van der Waals surface area contributed by atoms with Crippen molar-refractivity contribution in [1.29, 1.82) is 0 Å². The second-order valence-corrected chi connectivity index (χ2v) is 6.65. The lowest BCUT2D eigenvalue weighted by molar-refractivity contribution is 0.484. The molecule has 4 aromatic rings. The van der Waals surface area contributed by atoms with Crippen molar-refractivity contribution in [3.8, 4) is 11.4 Å². The molecular formula is C15H11N5O3S. The molecule has 0 amide bonds. The van der Waals surface area contributed by atoms with Crippen molar-refractivity contribution >= 4 is 26.7 Å². The van der Waals surface area contributed by atoms with Crippen LogP contribution in [0.1, 0.15) is 0 Å². The Morgan fingerprint density at radius 3 is 2.71 bits per heavy atom. The number of tetrazole rings is 1. The van der Waals surface area contributed by atoms with Crippen molar-refractivity contribution in [2.24, 2.45) is 0 Å². The van der Waals surface area contributed by atoms with E-state index in [-0.39, 0.29) is 5.09 Å². The van der Waals surface area contributed by atoms with Crippen molar-refractivity contribution in [1.82, 2.24) is 20.6 Å². The minimum Gasteiger partial charge on any atom is -0.443 e. The van der Waals surface area contributed by atoms with Gasteiger partial charge in [-0.25, -0.2) is 5.10 Å². The molecule has 0 saturated heterocycles. The third-order valence-corrected chi connectivity index (χ3v) is 4.64. The quantitative estimate of drug-likeness (QED) is 0.589. The van der Waals surface area contributed by atoms with Gasteiger partial charge in [-0.15, -0.1) is 5.10 Å². The number of aromatic nitrogens is 4. The summed E-state index contributed by atoms with van der Waals surface area (Å²) in [5.74, 6) is 0.444. The monoisotopic (exact) mass is 341 g/mol. The summed E-state index contributed by atoms with van der Waals surface area (Å²) in [5, 5.41) is 14.0. The SMILES string of the molecule is O=S(=O)(Nc1cccc(-c2nnn[nH]2)c1)c1cc2ccccc2o1. The Kier molecular flexibility index (Phi) is 3.28. The summed E-state index contributed by atoms with van der Waals surface area (Å²) in [4.78, 5) is 0. The highest BCUT2D eigenvalue weighted by atomic mass is 32.2. The zero-order valence-electron chi connectivity index (χ0n) is 12.2. The lowest BCUT2D eigenvalue weighted by Crippen LogP contribution is -2.12. The van der Waals surface area contributed by atoms with Crippen molar-refractivity contribution in [2.75, 3.05) is 4.72 Å². The Labute approximate surface area is 136 Å². The zero-order chi connectivity index (χ0) is 16.6. The largest absolute Gasteiger partial charge is 0.443 e. The number of sulfonamides is 1. The average molecular weight is 341 g/mol. The maximum atomic E-state index is 12.5. The molecule has 0 atom stereocenters. The van der Waals surface area contributed by atoms with Gasteiger partial charge in [0.15, 0.2) is 5.82 Å². The van der Waals surface area contributed by atoms with Gasteiger partial charge in [-0.2, -0.15) is 8.42 Å². The minimum absolute atomic E-state index is 0.143. The molecule has 0 aliphatic carbocycles. The van der Waals surface area contributed by atoms with Gasteiger partial charge in [0.2, 0.25) is 5.09 Å². The van der Waals surface area contributed by atoms with Gasteiger partial charge in [0.25, 0.3) is 10.0 Å². The molecule has 0 aliphatic rings. The summed E-state index contributed by atoms with van der Waals surface area (Å²) in [6.45, 7) is 0. The van der Waals surface area contributed by atoms with Crippen LogP contribution in [0.2, 0.25) is 0 Å². The Hall–Kier alpha value is -3.20. The topological polar surface area (TPSA) is 114 Å². The first-order valence-electron chi connectivity index (χ1n) is 6.97. The van der Waals surface area contributed by atoms with E-state index in [9.17, 15) is 8.42 Å².